The molecule has 1 N–H and O–H groups in total. The number of rotatable bonds is 4. The molecule has 2 rings (SSSR count). The maximum absolute atomic E-state index is 9.67. The Morgan fingerprint density at radius 1 is 0.933 bits per heavy atom. The number of aliphatic hydroxyl groups is 1. The van der Waals surface area contributed by atoms with E-state index in [0.29, 0.717) is 12.0 Å². The van der Waals surface area contributed by atoms with Gasteiger partial charge in [-0.1, -0.05) is 25.7 Å². The van der Waals surface area contributed by atoms with Crippen LogP contribution < -0.4 is 0 Å². The maximum atomic E-state index is 9.67. The molecule has 2 aliphatic carbocycles. The van der Waals surface area contributed by atoms with Crippen LogP contribution in [0.4, 0.5) is 0 Å². The zero-order valence-electron chi connectivity index (χ0n) is 9.66. The van der Waals surface area contributed by atoms with Gasteiger partial charge in [-0.2, -0.15) is 0 Å². The molecule has 0 aromatic heterocycles. The van der Waals surface area contributed by atoms with Crippen molar-refractivity contribution in [2.24, 2.45) is 5.92 Å². The molecule has 0 aliphatic heterocycles. The van der Waals surface area contributed by atoms with Gasteiger partial charge in [0.1, 0.15) is 0 Å². The highest BCUT2D eigenvalue weighted by Crippen LogP contribution is 2.28. The Labute approximate surface area is 93.0 Å². The first-order valence-electron chi connectivity index (χ1n) is 6.66. The fourth-order valence-electron chi connectivity index (χ4n) is 2.97. The molecule has 0 bridgehead atoms. The van der Waals surface area contributed by atoms with E-state index in [2.05, 4.69) is 0 Å². The van der Waals surface area contributed by atoms with Crippen LogP contribution in [-0.2, 0) is 4.74 Å². The van der Waals surface area contributed by atoms with Crippen LogP contribution in [0, 0.1) is 5.92 Å². The second-order valence-electron chi connectivity index (χ2n) is 5.18. The number of hydrogen-bond acceptors (Lipinski definition) is 2. The predicted molar refractivity (Wildman–Crippen MR) is 60.8 cm³/mol. The Hall–Kier alpha value is -0.0800. The van der Waals surface area contributed by atoms with Crippen molar-refractivity contribution >= 4 is 0 Å². The summed E-state index contributed by atoms with van der Waals surface area (Å²) in [5.41, 5.74) is 0. The summed E-state index contributed by atoms with van der Waals surface area (Å²) in [4.78, 5) is 0. The molecule has 2 saturated carbocycles. The number of aliphatic hydroxyl groups excluding tert-OH is 1. The van der Waals surface area contributed by atoms with Crippen LogP contribution in [0.1, 0.15) is 57.8 Å². The first-order valence-corrected chi connectivity index (χ1v) is 6.66. The van der Waals surface area contributed by atoms with E-state index >= 15 is 0 Å². The lowest BCUT2D eigenvalue weighted by molar-refractivity contribution is 0.0121. The van der Waals surface area contributed by atoms with Crippen molar-refractivity contribution in [3.05, 3.63) is 0 Å². The Balaban J connectivity index is 1.57. The average molecular weight is 212 g/mol. The van der Waals surface area contributed by atoms with Crippen molar-refractivity contribution in [3.63, 3.8) is 0 Å². The second kappa shape index (κ2) is 5.86. The molecule has 2 unspecified atom stereocenters. The van der Waals surface area contributed by atoms with Gasteiger partial charge in [-0.3, -0.25) is 0 Å². The quantitative estimate of drug-likeness (QED) is 0.776. The lowest BCUT2D eigenvalue weighted by atomic mass is 9.97. The van der Waals surface area contributed by atoms with Gasteiger partial charge in [-0.05, 0) is 38.0 Å². The first-order chi connectivity index (χ1) is 7.36. The predicted octanol–water partition coefficient (Wildman–Crippen LogP) is 2.89. The third kappa shape index (κ3) is 3.46. The molecule has 0 aromatic carbocycles. The van der Waals surface area contributed by atoms with Crippen molar-refractivity contribution in [2.45, 2.75) is 70.0 Å². The summed E-state index contributed by atoms with van der Waals surface area (Å²) in [6, 6.07) is 0. The highest BCUT2D eigenvalue weighted by atomic mass is 16.5. The smallest absolute Gasteiger partial charge is 0.0575 e. The van der Waals surface area contributed by atoms with E-state index in [0.717, 1.165) is 19.4 Å². The van der Waals surface area contributed by atoms with Crippen LogP contribution in [0.2, 0.25) is 0 Å². The monoisotopic (exact) mass is 212 g/mol. The minimum Gasteiger partial charge on any atom is -0.393 e. The molecule has 15 heavy (non-hydrogen) atoms. The minimum absolute atomic E-state index is 0.0417. The molecular formula is C13H24O2. The van der Waals surface area contributed by atoms with Gasteiger partial charge in [0.15, 0.2) is 0 Å². The lowest BCUT2D eigenvalue weighted by Crippen LogP contribution is -2.20. The highest BCUT2D eigenvalue weighted by molar-refractivity contribution is 4.76. The van der Waals surface area contributed by atoms with E-state index in [4.69, 9.17) is 4.74 Å². The molecule has 0 amide bonds. The van der Waals surface area contributed by atoms with Crippen LogP contribution >= 0.6 is 0 Å². The lowest BCUT2D eigenvalue weighted by Gasteiger charge is -2.23. The normalized spacial score (nSPS) is 33.4. The zero-order chi connectivity index (χ0) is 10.5. The van der Waals surface area contributed by atoms with E-state index in [-0.39, 0.29) is 6.10 Å². The molecule has 2 heteroatoms. The Morgan fingerprint density at radius 3 is 2.40 bits per heavy atom. The van der Waals surface area contributed by atoms with Gasteiger partial charge in [0.05, 0.1) is 12.2 Å². The Bertz CT molecular complexity index is 175. The van der Waals surface area contributed by atoms with Gasteiger partial charge in [-0.15, -0.1) is 0 Å². The van der Waals surface area contributed by atoms with Crippen molar-refractivity contribution in [3.8, 4) is 0 Å². The molecule has 2 fully saturated rings. The Morgan fingerprint density at radius 2 is 1.73 bits per heavy atom. The maximum Gasteiger partial charge on any atom is 0.0575 e. The number of hydrogen-bond donors (Lipinski definition) is 1. The zero-order valence-corrected chi connectivity index (χ0v) is 9.66. The molecule has 0 aromatic rings. The largest absolute Gasteiger partial charge is 0.393 e. The molecule has 0 spiro atoms. The Kier molecular flexibility index (Phi) is 4.45. The van der Waals surface area contributed by atoms with Crippen LogP contribution in [0.25, 0.3) is 0 Å². The van der Waals surface area contributed by atoms with E-state index in [1.807, 2.05) is 0 Å². The van der Waals surface area contributed by atoms with Gasteiger partial charge in [-0.25, -0.2) is 0 Å². The van der Waals surface area contributed by atoms with Gasteiger partial charge < -0.3 is 9.84 Å². The highest BCUT2D eigenvalue weighted by Gasteiger charge is 2.25. The summed E-state index contributed by atoms with van der Waals surface area (Å²) >= 11 is 0. The SMILES string of the molecule is OC1CCCC1CCOC1CCCCC1. The molecule has 2 aliphatic rings. The summed E-state index contributed by atoms with van der Waals surface area (Å²) in [6.45, 7) is 0.867. The third-order valence-electron chi connectivity index (χ3n) is 4.01. The average Bonchev–Trinajstić information content (AvgIpc) is 2.66. The first kappa shape index (κ1) is 11.4. The van der Waals surface area contributed by atoms with Gasteiger partial charge in [0.2, 0.25) is 0 Å². The molecule has 0 saturated heterocycles. The van der Waals surface area contributed by atoms with Crippen molar-refractivity contribution in [2.75, 3.05) is 6.61 Å². The molecule has 88 valence electrons. The van der Waals surface area contributed by atoms with Crippen LogP contribution in [0.5, 0.6) is 0 Å². The van der Waals surface area contributed by atoms with Crippen LogP contribution in [-0.4, -0.2) is 23.9 Å². The van der Waals surface area contributed by atoms with E-state index in [9.17, 15) is 5.11 Å². The summed E-state index contributed by atoms with van der Waals surface area (Å²) in [7, 11) is 0. The van der Waals surface area contributed by atoms with Gasteiger partial charge in [0, 0.05) is 6.61 Å². The second-order valence-corrected chi connectivity index (χ2v) is 5.18. The van der Waals surface area contributed by atoms with Crippen LogP contribution in [0.15, 0.2) is 0 Å². The van der Waals surface area contributed by atoms with E-state index in [1.165, 1.54) is 44.9 Å². The van der Waals surface area contributed by atoms with Crippen LogP contribution in [0.3, 0.4) is 0 Å². The summed E-state index contributed by atoms with van der Waals surface area (Å²) < 4.78 is 5.88. The topological polar surface area (TPSA) is 29.5 Å². The fourth-order valence-corrected chi connectivity index (χ4v) is 2.97. The molecule has 2 nitrogen and oxygen atoms in total. The van der Waals surface area contributed by atoms with Crippen molar-refractivity contribution in [1.82, 2.24) is 0 Å². The molecule has 0 heterocycles. The number of ether oxygens (including phenoxy) is 1. The molecular weight excluding hydrogens is 188 g/mol. The summed E-state index contributed by atoms with van der Waals surface area (Å²) in [6.07, 6.45) is 11.6. The third-order valence-corrected chi connectivity index (χ3v) is 4.01. The molecule has 2 atom stereocenters. The van der Waals surface area contributed by atoms with Gasteiger partial charge >= 0.3 is 0 Å². The van der Waals surface area contributed by atoms with E-state index < -0.39 is 0 Å². The van der Waals surface area contributed by atoms with Crippen molar-refractivity contribution < 1.29 is 9.84 Å². The standard InChI is InChI=1S/C13H24O2/c14-13-8-4-5-11(13)9-10-15-12-6-2-1-3-7-12/h11-14H,1-10H2. The summed E-state index contributed by atoms with van der Waals surface area (Å²) in [5.74, 6) is 0.522. The fraction of sp³-hybridized carbons (Fsp3) is 1.00. The summed E-state index contributed by atoms with van der Waals surface area (Å²) in [5, 5.41) is 9.67. The van der Waals surface area contributed by atoms with Crippen molar-refractivity contribution in [1.29, 1.82) is 0 Å². The molecule has 0 radical (unpaired) electrons. The van der Waals surface area contributed by atoms with E-state index in [1.54, 1.807) is 0 Å². The van der Waals surface area contributed by atoms with Gasteiger partial charge in [0.25, 0.3) is 0 Å². The minimum atomic E-state index is -0.0417.